The summed E-state index contributed by atoms with van der Waals surface area (Å²) in [6, 6.07) is 0. The van der Waals surface area contributed by atoms with Gasteiger partial charge in [0.2, 0.25) is 0 Å². The largest absolute Gasteiger partial charge is 0.462 e. The topological polar surface area (TPSA) is 26.3 Å². The van der Waals surface area contributed by atoms with Crippen LogP contribution in [0.1, 0.15) is 57.8 Å². The third-order valence-corrected chi connectivity index (χ3v) is 5.85. The van der Waals surface area contributed by atoms with E-state index in [1.165, 1.54) is 38.5 Å². The summed E-state index contributed by atoms with van der Waals surface area (Å²) in [4.78, 5) is 12.2. The van der Waals surface area contributed by atoms with Crippen molar-refractivity contribution < 1.29 is 9.53 Å². The van der Waals surface area contributed by atoms with Crippen molar-refractivity contribution in [2.75, 3.05) is 0 Å². The molecule has 5 rings (SSSR count). The first kappa shape index (κ1) is 9.49. The smallest absolute Gasteiger partial charge is 0.312 e. The van der Waals surface area contributed by atoms with E-state index in [1.807, 2.05) is 0 Å². The maximum absolute atomic E-state index is 12.2. The second-order valence-corrected chi connectivity index (χ2v) is 6.72. The van der Waals surface area contributed by atoms with Gasteiger partial charge in [-0.25, -0.2) is 0 Å². The highest BCUT2D eigenvalue weighted by molar-refractivity contribution is 5.78. The first-order valence-corrected chi connectivity index (χ1v) is 6.94. The van der Waals surface area contributed by atoms with Crippen LogP contribution in [0.5, 0.6) is 0 Å². The van der Waals surface area contributed by atoms with Crippen LogP contribution in [0.3, 0.4) is 0 Å². The minimum atomic E-state index is -0.0352. The highest BCUT2D eigenvalue weighted by Crippen LogP contribution is 2.64. The van der Waals surface area contributed by atoms with E-state index in [2.05, 4.69) is 0 Å². The molecule has 0 aromatic heterocycles. The fraction of sp³-hybridized carbons (Fsp3) is 0.929. The number of carbonyl (C=O) groups is 1. The Morgan fingerprint density at radius 3 is 2.69 bits per heavy atom. The number of carbonyl (C=O) groups excluding carboxylic acids is 1. The molecule has 0 aromatic carbocycles. The maximum atomic E-state index is 12.2. The summed E-state index contributed by atoms with van der Waals surface area (Å²) in [6.45, 7) is 0. The molecule has 16 heavy (non-hydrogen) atoms. The molecular weight excluding hydrogens is 200 g/mol. The lowest BCUT2D eigenvalue weighted by atomic mass is 9.65. The molecule has 5 fully saturated rings. The van der Waals surface area contributed by atoms with Crippen molar-refractivity contribution in [2.45, 2.75) is 63.9 Å². The molecule has 5 aliphatic rings. The number of esters is 1. The number of rotatable bonds is 0. The van der Waals surface area contributed by atoms with Crippen molar-refractivity contribution in [3.8, 4) is 0 Å². The van der Waals surface area contributed by atoms with E-state index in [0.29, 0.717) is 11.3 Å². The predicted molar refractivity (Wildman–Crippen MR) is 59.8 cm³/mol. The van der Waals surface area contributed by atoms with Crippen LogP contribution in [0, 0.1) is 16.7 Å². The molecule has 0 unspecified atom stereocenters. The zero-order chi connectivity index (χ0) is 10.8. The Labute approximate surface area is 96.7 Å². The average Bonchev–Trinajstić information content (AvgIpc) is 2.89. The van der Waals surface area contributed by atoms with Crippen LogP contribution >= 0.6 is 0 Å². The van der Waals surface area contributed by atoms with E-state index in [1.54, 1.807) is 0 Å². The van der Waals surface area contributed by atoms with Crippen LogP contribution in [-0.2, 0) is 9.53 Å². The Morgan fingerprint density at radius 1 is 1.06 bits per heavy atom. The quantitative estimate of drug-likeness (QED) is 0.586. The third kappa shape index (κ3) is 1.11. The second kappa shape index (κ2) is 2.83. The molecule has 2 heteroatoms. The molecule has 2 nitrogen and oxygen atoms in total. The normalized spacial score (nSPS) is 48.4. The van der Waals surface area contributed by atoms with Crippen LogP contribution in [0.25, 0.3) is 0 Å². The van der Waals surface area contributed by atoms with Gasteiger partial charge in [0.1, 0.15) is 6.10 Å². The van der Waals surface area contributed by atoms with Crippen molar-refractivity contribution in [1.29, 1.82) is 0 Å². The lowest BCUT2D eigenvalue weighted by Gasteiger charge is -2.45. The van der Waals surface area contributed by atoms with Gasteiger partial charge in [-0.2, -0.15) is 0 Å². The highest BCUT2D eigenvalue weighted by Gasteiger charge is 2.59. The SMILES string of the molecule is O=C1O[C@@H]2CC[C@]13CCC[C@@H]3CC1(CC1)C2. The lowest BCUT2D eigenvalue weighted by molar-refractivity contribution is -0.179. The van der Waals surface area contributed by atoms with Crippen LogP contribution in [0.4, 0.5) is 0 Å². The fourth-order valence-corrected chi connectivity index (χ4v) is 4.71. The molecule has 88 valence electrons. The summed E-state index contributed by atoms with van der Waals surface area (Å²) in [5, 5.41) is 0. The Kier molecular flexibility index (Phi) is 1.68. The molecule has 2 saturated heterocycles. The van der Waals surface area contributed by atoms with E-state index in [-0.39, 0.29) is 17.5 Å². The first-order chi connectivity index (χ1) is 7.73. The highest BCUT2D eigenvalue weighted by atomic mass is 16.5. The van der Waals surface area contributed by atoms with E-state index in [0.717, 1.165) is 19.3 Å². The van der Waals surface area contributed by atoms with Gasteiger partial charge < -0.3 is 4.74 Å². The third-order valence-electron chi connectivity index (χ3n) is 5.85. The minimum absolute atomic E-state index is 0.0352. The summed E-state index contributed by atoms with van der Waals surface area (Å²) in [6.07, 6.45) is 11.5. The molecule has 3 saturated carbocycles. The van der Waals surface area contributed by atoms with E-state index >= 15 is 0 Å². The summed E-state index contributed by atoms with van der Waals surface area (Å²) in [7, 11) is 0. The maximum Gasteiger partial charge on any atom is 0.312 e. The van der Waals surface area contributed by atoms with Crippen LogP contribution in [0.2, 0.25) is 0 Å². The summed E-state index contributed by atoms with van der Waals surface area (Å²) < 4.78 is 5.73. The number of hydrogen-bond donors (Lipinski definition) is 0. The Hall–Kier alpha value is -0.530. The second-order valence-electron chi connectivity index (χ2n) is 6.72. The van der Waals surface area contributed by atoms with Crippen molar-refractivity contribution in [3.63, 3.8) is 0 Å². The zero-order valence-corrected chi connectivity index (χ0v) is 9.84. The molecule has 3 aliphatic carbocycles. The van der Waals surface area contributed by atoms with Crippen LogP contribution in [0.15, 0.2) is 0 Å². The van der Waals surface area contributed by atoms with Crippen LogP contribution in [-0.4, -0.2) is 12.1 Å². The van der Waals surface area contributed by atoms with Gasteiger partial charge in [0.15, 0.2) is 0 Å². The Balaban J connectivity index is 1.74. The van der Waals surface area contributed by atoms with Crippen molar-refractivity contribution >= 4 is 5.97 Å². The summed E-state index contributed by atoms with van der Waals surface area (Å²) in [5.41, 5.74) is 0.568. The standard InChI is InChI=1S/C14H20O2/c15-12-14-4-1-2-10(14)8-13(6-7-13)9-11(16-12)3-5-14/h10-11H,1-9H2/t10-,11-,14+/m1/s1. The fourth-order valence-electron chi connectivity index (χ4n) is 4.71. The van der Waals surface area contributed by atoms with E-state index < -0.39 is 0 Å². The molecule has 0 N–H and O–H groups in total. The lowest BCUT2D eigenvalue weighted by Crippen LogP contribution is -2.47. The summed E-state index contributed by atoms with van der Waals surface area (Å²) in [5.74, 6) is 0.825. The van der Waals surface area contributed by atoms with Crippen molar-refractivity contribution in [2.24, 2.45) is 16.7 Å². The van der Waals surface area contributed by atoms with Gasteiger partial charge in [-0.1, -0.05) is 6.42 Å². The first-order valence-electron chi connectivity index (χ1n) is 6.94. The average molecular weight is 220 g/mol. The number of ether oxygens (including phenoxy) is 1. The minimum Gasteiger partial charge on any atom is -0.462 e. The molecule has 2 spiro atoms. The van der Waals surface area contributed by atoms with Gasteiger partial charge in [0.25, 0.3) is 0 Å². The van der Waals surface area contributed by atoms with E-state index in [4.69, 9.17) is 4.74 Å². The van der Waals surface area contributed by atoms with Gasteiger partial charge >= 0.3 is 5.97 Å². The van der Waals surface area contributed by atoms with Gasteiger partial charge in [0.05, 0.1) is 5.41 Å². The van der Waals surface area contributed by atoms with Crippen molar-refractivity contribution in [3.05, 3.63) is 0 Å². The van der Waals surface area contributed by atoms with Crippen LogP contribution < -0.4 is 0 Å². The summed E-state index contributed by atoms with van der Waals surface area (Å²) >= 11 is 0. The van der Waals surface area contributed by atoms with Crippen molar-refractivity contribution in [1.82, 2.24) is 0 Å². The molecule has 2 bridgehead atoms. The predicted octanol–water partition coefficient (Wildman–Crippen LogP) is 3.05. The molecule has 2 aliphatic heterocycles. The van der Waals surface area contributed by atoms with Gasteiger partial charge in [0, 0.05) is 0 Å². The number of hydrogen-bond acceptors (Lipinski definition) is 2. The molecular formula is C14H20O2. The van der Waals surface area contributed by atoms with Gasteiger partial charge in [-0.15, -0.1) is 0 Å². The zero-order valence-electron chi connectivity index (χ0n) is 9.84. The monoisotopic (exact) mass is 220 g/mol. The Morgan fingerprint density at radius 2 is 1.94 bits per heavy atom. The van der Waals surface area contributed by atoms with Gasteiger partial charge in [-0.3, -0.25) is 4.79 Å². The molecule has 3 atom stereocenters. The molecule has 0 amide bonds. The van der Waals surface area contributed by atoms with Gasteiger partial charge in [-0.05, 0) is 62.7 Å². The number of fused-ring (bicyclic) bond motifs is 2. The molecule has 0 radical (unpaired) electrons. The molecule has 0 aromatic rings. The molecule has 2 heterocycles. The Bertz CT molecular complexity index is 345. The van der Waals surface area contributed by atoms with E-state index in [9.17, 15) is 4.79 Å².